The molecule has 0 aliphatic carbocycles. The van der Waals surface area contributed by atoms with Crippen LogP contribution in [0.15, 0.2) is 0 Å². The Morgan fingerprint density at radius 2 is 1.72 bits per heavy atom. The molecule has 0 aliphatic rings. The van der Waals surface area contributed by atoms with Crippen molar-refractivity contribution >= 4 is 17.9 Å². The zero-order valence-corrected chi connectivity index (χ0v) is 12.9. The van der Waals surface area contributed by atoms with Gasteiger partial charge in [0.2, 0.25) is 0 Å². The van der Waals surface area contributed by atoms with E-state index < -0.39 is 23.9 Å². The second-order valence-electron chi connectivity index (χ2n) is 3.77. The van der Waals surface area contributed by atoms with E-state index in [1.807, 2.05) is 6.92 Å². The van der Waals surface area contributed by atoms with Crippen LogP contribution in [0, 0.1) is 0 Å². The fourth-order valence-corrected chi connectivity index (χ4v) is 1.14. The largest absolute Gasteiger partial charge is 1.00 e. The molecule has 0 saturated carbocycles. The smallest absolute Gasteiger partial charge is 0.548 e. The van der Waals surface area contributed by atoms with E-state index in [1.54, 1.807) is 0 Å². The first-order valence-corrected chi connectivity index (χ1v) is 5.67. The van der Waals surface area contributed by atoms with Crippen molar-refractivity contribution in [3.05, 3.63) is 0 Å². The fourth-order valence-electron chi connectivity index (χ4n) is 1.14. The number of nitrogens with two attached hydrogens (primary N) is 1. The molecule has 6 nitrogen and oxygen atoms in total. The van der Waals surface area contributed by atoms with Crippen molar-refractivity contribution in [3.8, 4) is 0 Å². The minimum absolute atomic E-state index is 0. The number of ether oxygens (including phenoxy) is 1. The third-order valence-corrected chi connectivity index (χ3v) is 2.17. The molecule has 0 unspecified atom stereocenters. The van der Waals surface area contributed by atoms with Crippen LogP contribution in [0.1, 0.15) is 45.4 Å². The molecular formula is C11H18NNaO5. The van der Waals surface area contributed by atoms with Gasteiger partial charge < -0.3 is 20.4 Å². The first kappa shape index (κ1) is 19.9. The first-order chi connectivity index (χ1) is 7.97. The van der Waals surface area contributed by atoms with E-state index in [1.165, 1.54) is 0 Å². The summed E-state index contributed by atoms with van der Waals surface area (Å²) in [6.45, 7) is 2.00. The maximum absolute atomic E-state index is 11.1. The van der Waals surface area contributed by atoms with Crippen molar-refractivity contribution in [3.63, 3.8) is 0 Å². The maximum atomic E-state index is 11.1. The minimum atomic E-state index is -1.42. The van der Waals surface area contributed by atoms with Gasteiger partial charge in [-0.25, -0.2) is 0 Å². The van der Waals surface area contributed by atoms with Crippen molar-refractivity contribution in [1.29, 1.82) is 0 Å². The van der Waals surface area contributed by atoms with Crippen molar-refractivity contribution in [1.82, 2.24) is 0 Å². The Labute approximate surface area is 129 Å². The van der Waals surface area contributed by atoms with Gasteiger partial charge in [-0.1, -0.05) is 19.8 Å². The van der Waals surface area contributed by atoms with Crippen LogP contribution in [0.2, 0.25) is 0 Å². The number of rotatable bonds is 8. The number of hydrogen-bond donors (Lipinski definition) is 1. The van der Waals surface area contributed by atoms with Crippen LogP contribution in [0.4, 0.5) is 0 Å². The molecule has 0 aromatic heterocycles. The zero-order chi connectivity index (χ0) is 13.3. The van der Waals surface area contributed by atoms with Crippen LogP contribution in [0.25, 0.3) is 0 Å². The molecule has 18 heavy (non-hydrogen) atoms. The van der Waals surface area contributed by atoms with E-state index in [0.29, 0.717) is 6.42 Å². The summed E-state index contributed by atoms with van der Waals surface area (Å²) in [7, 11) is 0. The number of carboxylic acids is 1. The van der Waals surface area contributed by atoms with E-state index in [-0.39, 0.29) is 48.8 Å². The first-order valence-electron chi connectivity index (χ1n) is 5.67. The molecule has 0 radical (unpaired) electrons. The van der Waals surface area contributed by atoms with Gasteiger partial charge >= 0.3 is 41.5 Å². The summed E-state index contributed by atoms with van der Waals surface area (Å²) in [5.74, 6) is -2.75. The zero-order valence-electron chi connectivity index (χ0n) is 10.9. The summed E-state index contributed by atoms with van der Waals surface area (Å²) in [6, 6.07) is -1.21. The predicted molar refractivity (Wildman–Crippen MR) is 57.5 cm³/mol. The van der Waals surface area contributed by atoms with Gasteiger partial charge in [0, 0.05) is 18.9 Å². The Balaban J connectivity index is 0. The summed E-state index contributed by atoms with van der Waals surface area (Å²) < 4.78 is 4.48. The summed E-state index contributed by atoms with van der Waals surface area (Å²) in [5, 5.41) is 10.3. The molecule has 0 rings (SSSR count). The third kappa shape index (κ3) is 10.7. The molecule has 2 N–H and O–H groups in total. The molecule has 0 bridgehead atoms. The van der Waals surface area contributed by atoms with Gasteiger partial charge in [0.1, 0.15) is 0 Å². The summed E-state index contributed by atoms with van der Waals surface area (Å²) in [6.07, 6.45) is 2.46. The topological polar surface area (TPSA) is 110 Å². The molecule has 0 fully saturated rings. The van der Waals surface area contributed by atoms with Gasteiger partial charge in [0.05, 0.1) is 5.97 Å². The Hall–Kier alpha value is -0.430. The van der Waals surface area contributed by atoms with Crippen LogP contribution in [0.3, 0.4) is 0 Å². The van der Waals surface area contributed by atoms with Crippen LogP contribution < -0.4 is 40.4 Å². The number of carbonyl (C=O) groups excluding carboxylic acids is 3. The standard InChI is InChI=1S/C11H19NO5.Na/c1-2-3-4-5-9(13)17-10(14)7-6-8(12)11(15)16;/h8H,2-7,12H2,1H3,(H,15,16);/q;+1/p-1/t8-;/m0./s1. The van der Waals surface area contributed by atoms with Gasteiger partial charge in [-0.05, 0) is 12.8 Å². The van der Waals surface area contributed by atoms with Crippen molar-refractivity contribution in [2.75, 3.05) is 0 Å². The predicted octanol–water partition coefficient (Wildman–Crippen LogP) is -3.50. The van der Waals surface area contributed by atoms with E-state index in [9.17, 15) is 19.5 Å². The van der Waals surface area contributed by atoms with Crippen molar-refractivity contribution in [2.45, 2.75) is 51.5 Å². The summed E-state index contributed by atoms with van der Waals surface area (Å²) in [4.78, 5) is 32.5. The number of hydrogen-bond acceptors (Lipinski definition) is 6. The molecule has 0 spiro atoms. The third-order valence-electron chi connectivity index (χ3n) is 2.17. The van der Waals surface area contributed by atoms with E-state index in [0.717, 1.165) is 12.8 Å². The Bertz CT molecular complexity index is 283. The van der Waals surface area contributed by atoms with Gasteiger partial charge in [-0.15, -0.1) is 0 Å². The second-order valence-corrected chi connectivity index (χ2v) is 3.77. The van der Waals surface area contributed by atoms with Gasteiger partial charge in [-0.3, -0.25) is 9.59 Å². The summed E-state index contributed by atoms with van der Waals surface area (Å²) in [5.41, 5.74) is 5.14. The summed E-state index contributed by atoms with van der Waals surface area (Å²) >= 11 is 0. The molecule has 1 atom stereocenters. The Morgan fingerprint density at radius 3 is 2.22 bits per heavy atom. The molecule has 0 aromatic carbocycles. The van der Waals surface area contributed by atoms with Crippen LogP contribution >= 0.6 is 0 Å². The number of carbonyl (C=O) groups is 3. The Kier molecular flexibility index (Phi) is 12.9. The average molecular weight is 267 g/mol. The Morgan fingerprint density at radius 1 is 1.17 bits per heavy atom. The molecule has 0 aromatic rings. The van der Waals surface area contributed by atoms with Gasteiger partial charge in [-0.2, -0.15) is 0 Å². The van der Waals surface area contributed by atoms with Gasteiger partial charge in [0.15, 0.2) is 0 Å². The normalized spacial score (nSPS) is 11.2. The van der Waals surface area contributed by atoms with E-state index in [2.05, 4.69) is 4.74 Å². The number of aliphatic carboxylic acids is 1. The molecule has 0 amide bonds. The van der Waals surface area contributed by atoms with Crippen LogP contribution in [0.5, 0.6) is 0 Å². The molecule has 98 valence electrons. The molecule has 0 saturated heterocycles. The number of unbranched alkanes of at least 4 members (excludes halogenated alkanes) is 2. The van der Waals surface area contributed by atoms with Crippen LogP contribution in [-0.4, -0.2) is 23.9 Å². The second kappa shape index (κ2) is 11.6. The SMILES string of the molecule is CCCCCC(=O)OC(=O)CC[C@H](N)C(=O)[O-].[Na+]. The molecule has 7 heteroatoms. The molecular weight excluding hydrogens is 249 g/mol. The van der Waals surface area contributed by atoms with Gasteiger partial charge in [0.25, 0.3) is 0 Å². The molecule has 0 aliphatic heterocycles. The fraction of sp³-hybridized carbons (Fsp3) is 0.727. The van der Waals surface area contributed by atoms with Crippen molar-refractivity contribution in [2.24, 2.45) is 5.73 Å². The van der Waals surface area contributed by atoms with Crippen LogP contribution in [-0.2, 0) is 19.1 Å². The monoisotopic (exact) mass is 267 g/mol. The van der Waals surface area contributed by atoms with E-state index >= 15 is 0 Å². The number of esters is 2. The maximum Gasteiger partial charge on any atom is 1.00 e. The minimum Gasteiger partial charge on any atom is -0.548 e. The average Bonchev–Trinajstić information content (AvgIpc) is 2.26. The molecule has 0 heterocycles. The quantitative estimate of drug-likeness (QED) is 0.211. The number of carboxylic acid groups (broad SMARTS) is 1. The van der Waals surface area contributed by atoms with Crippen molar-refractivity contribution < 1.29 is 53.8 Å². The van der Waals surface area contributed by atoms with E-state index in [4.69, 9.17) is 5.73 Å².